The van der Waals surface area contributed by atoms with Crippen LogP contribution >= 0.6 is 0 Å². The molecule has 0 radical (unpaired) electrons. The number of nitrogens with one attached hydrogen (secondary N) is 1. The molecule has 0 spiro atoms. The van der Waals surface area contributed by atoms with E-state index in [0.717, 1.165) is 30.2 Å². The first-order valence-corrected chi connectivity index (χ1v) is 9.52. The maximum Gasteiger partial charge on any atom is 0.254 e. The van der Waals surface area contributed by atoms with Gasteiger partial charge in [0.1, 0.15) is 12.1 Å². The summed E-state index contributed by atoms with van der Waals surface area (Å²) in [4.78, 5) is 11.5. The van der Waals surface area contributed by atoms with Crippen molar-refractivity contribution < 1.29 is 0 Å². The molecule has 1 aliphatic rings. The first kappa shape index (κ1) is 17.0. The van der Waals surface area contributed by atoms with E-state index >= 15 is 0 Å². The van der Waals surface area contributed by atoms with Crippen LogP contribution in [0.15, 0.2) is 42.7 Å². The van der Waals surface area contributed by atoms with Gasteiger partial charge in [-0.05, 0) is 31.8 Å². The number of anilines is 1. The van der Waals surface area contributed by atoms with Gasteiger partial charge in [0.15, 0.2) is 0 Å². The summed E-state index contributed by atoms with van der Waals surface area (Å²) in [6.45, 7) is 6.84. The summed E-state index contributed by atoms with van der Waals surface area (Å²) in [5.41, 5.74) is 2.00. The highest BCUT2D eigenvalue weighted by Crippen LogP contribution is 2.21. The summed E-state index contributed by atoms with van der Waals surface area (Å²) < 4.78 is 1.78. The van der Waals surface area contributed by atoms with Gasteiger partial charge in [0.05, 0.1) is 5.69 Å². The van der Waals surface area contributed by atoms with Crippen molar-refractivity contribution in [2.45, 2.75) is 26.2 Å². The van der Waals surface area contributed by atoms with E-state index in [0.29, 0.717) is 11.7 Å². The van der Waals surface area contributed by atoms with Crippen molar-refractivity contribution >= 4 is 11.6 Å². The summed E-state index contributed by atoms with van der Waals surface area (Å²) in [5.74, 6) is 2.13. The largest absolute Gasteiger partial charge is 0.370 e. The number of hydrogen-bond donors (Lipinski definition) is 1. The van der Waals surface area contributed by atoms with Crippen LogP contribution in [0.5, 0.6) is 0 Å². The molecule has 0 saturated carbocycles. The lowest BCUT2D eigenvalue weighted by atomic mass is 10.1. The monoisotopic (exact) mass is 350 g/mol. The van der Waals surface area contributed by atoms with Gasteiger partial charge < -0.3 is 10.2 Å². The molecule has 1 saturated heterocycles. The number of piperidine rings is 1. The molecule has 6 heteroatoms. The van der Waals surface area contributed by atoms with Gasteiger partial charge in [0.2, 0.25) is 0 Å². The topological polar surface area (TPSA) is 58.4 Å². The number of nitrogens with zero attached hydrogens (tertiary/aromatic N) is 5. The molecule has 1 aromatic carbocycles. The molecule has 1 N–H and O–H groups in total. The van der Waals surface area contributed by atoms with Crippen molar-refractivity contribution in [1.29, 1.82) is 0 Å². The number of fused-ring (bicyclic) bond motifs is 1. The van der Waals surface area contributed by atoms with E-state index in [1.54, 1.807) is 10.8 Å². The maximum absolute atomic E-state index is 4.63. The van der Waals surface area contributed by atoms with Crippen LogP contribution in [0.4, 0.5) is 5.82 Å². The van der Waals surface area contributed by atoms with Crippen LogP contribution in [-0.4, -0.2) is 50.7 Å². The normalized spacial score (nSPS) is 16.7. The van der Waals surface area contributed by atoms with Gasteiger partial charge in [0.25, 0.3) is 5.78 Å². The summed E-state index contributed by atoms with van der Waals surface area (Å²) in [6.07, 6.45) is 5.61. The second-order valence-electron chi connectivity index (χ2n) is 7.21. The second-order valence-corrected chi connectivity index (χ2v) is 7.21. The highest BCUT2D eigenvalue weighted by molar-refractivity contribution is 5.65. The van der Waals surface area contributed by atoms with E-state index in [1.165, 1.54) is 32.4 Å². The fourth-order valence-corrected chi connectivity index (χ4v) is 3.62. The average molecular weight is 350 g/mol. The van der Waals surface area contributed by atoms with E-state index in [4.69, 9.17) is 0 Å². The van der Waals surface area contributed by atoms with Gasteiger partial charge in [0, 0.05) is 24.7 Å². The first-order chi connectivity index (χ1) is 12.8. The SMILES string of the molecule is CC(CNc1cc(-c2ccccc2)nc2ncnn12)CN1CCCCC1. The number of benzene rings is 1. The molecule has 3 heterocycles. The van der Waals surface area contributed by atoms with Crippen molar-refractivity contribution in [1.82, 2.24) is 24.5 Å². The minimum absolute atomic E-state index is 0.569. The predicted octanol–water partition coefficient (Wildman–Crippen LogP) is 3.33. The Bertz CT molecular complexity index is 838. The second kappa shape index (κ2) is 7.83. The van der Waals surface area contributed by atoms with Crippen LogP contribution in [0.25, 0.3) is 17.0 Å². The maximum atomic E-state index is 4.63. The van der Waals surface area contributed by atoms with Crippen LogP contribution in [0.2, 0.25) is 0 Å². The van der Waals surface area contributed by atoms with Crippen molar-refractivity contribution in [2.24, 2.45) is 5.92 Å². The van der Waals surface area contributed by atoms with Crippen LogP contribution < -0.4 is 5.32 Å². The molecule has 0 amide bonds. The fourth-order valence-electron chi connectivity index (χ4n) is 3.62. The molecule has 2 aromatic heterocycles. The van der Waals surface area contributed by atoms with Crippen molar-refractivity contribution in [3.05, 3.63) is 42.7 Å². The molecular formula is C20H26N6. The Labute approximate surface area is 154 Å². The summed E-state index contributed by atoms with van der Waals surface area (Å²) in [6, 6.07) is 12.3. The number of likely N-dealkylation sites (tertiary alicyclic amines) is 1. The van der Waals surface area contributed by atoms with Crippen LogP contribution in [0.3, 0.4) is 0 Å². The molecule has 4 rings (SSSR count). The molecule has 1 unspecified atom stereocenters. The molecule has 6 nitrogen and oxygen atoms in total. The van der Waals surface area contributed by atoms with Gasteiger partial charge in [-0.25, -0.2) is 4.98 Å². The fraction of sp³-hybridized carbons (Fsp3) is 0.450. The Hall–Kier alpha value is -2.47. The first-order valence-electron chi connectivity index (χ1n) is 9.52. The number of rotatable bonds is 6. The van der Waals surface area contributed by atoms with Crippen molar-refractivity contribution in [2.75, 3.05) is 31.5 Å². The molecule has 1 aliphatic heterocycles. The Balaban J connectivity index is 1.49. The van der Waals surface area contributed by atoms with E-state index in [1.807, 2.05) is 18.2 Å². The molecule has 3 aromatic rings. The highest BCUT2D eigenvalue weighted by Gasteiger charge is 2.14. The molecular weight excluding hydrogens is 324 g/mol. The smallest absolute Gasteiger partial charge is 0.254 e. The molecule has 1 atom stereocenters. The van der Waals surface area contributed by atoms with Gasteiger partial charge >= 0.3 is 0 Å². The standard InChI is InChI=1S/C20H26N6/c1-16(14-25-10-6-3-7-11-25)13-21-19-12-18(17-8-4-2-5-9-17)24-20-22-15-23-26(19)20/h2,4-5,8-9,12,15-16,21H,3,6-7,10-11,13-14H2,1H3. The minimum atomic E-state index is 0.569. The Morgan fingerprint density at radius 1 is 1.12 bits per heavy atom. The summed E-state index contributed by atoms with van der Waals surface area (Å²) >= 11 is 0. The van der Waals surface area contributed by atoms with E-state index in [-0.39, 0.29) is 0 Å². The third-order valence-corrected chi connectivity index (χ3v) is 4.97. The minimum Gasteiger partial charge on any atom is -0.370 e. The van der Waals surface area contributed by atoms with Crippen molar-refractivity contribution in [3.63, 3.8) is 0 Å². The third-order valence-electron chi connectivity index (χ3n) is 4.97. The zero-order valence-corrected chi connectivity index (χ0v) is 15.3. The van der Waals surface area contributed by atoms with Gasteiger partial charge in [-0.3, -0.25) is 0 Å². The predicted molar refractivity (Wildman–Crippen MR) is 104 cm³/mol. The Morgan fingerprint density at radius 2 is 1.92 bits per heavy atom. The van der Waals surface area contributed by atoms with E-state index < -0.39 is 0 Å². The Kier molecular flexibility index (Phi) is 5.11. The summed E-state index contributed by atoms with van der Waals surface area (Å²) in [5, 5.41) is 7.88. The average Bonchev–Trinajstić information content (AvgIpc) is 3.16. The third kappa shape index (κ3) is 3.85. The summed E-state index contributed by atoms with van der Waals surface area (Å²) in [7, 11) is 0. The number of aromatic nitrogens is 4. The molecule has 0 aliphatic carbocycles. The zero-order valence-electron chi connectivity index (χ0n) is 15.3. The molecule has 26 heavy (non-hydrogen) atoms. The molecule has 0 bridgehead atoms. The lowest BCUT2D eigenvalue weighted by molar-refractivity contribution is 0.204. The van der Waals surface area contributed by atoms with Crippen LogP contribution in [0, 0.1) is 5.92 Å². The van der Waals surface area contributed by atoms with E-state index in [2.05, 4.69) is 50.4 Å². The van der Waals surface area contributed by atoms with E-state index in [9.17, 15) is 0 Å². The number of hydrogen-bond acceptors (Lipinski definition) is 5. The van der Waals surface area contributed by atoms with Crippen LogP contribution in [0.1, 0.15) is 26.2 Å². The van der Waals surface area contributed by atoms with Crippen molar-refractivity contribution in [3.8, 4) is 11.3 Å². The van der Waals surface area contributed by atoms with Gasteiger partial charge in [-0.2, -0.15) is 14.6 Å². The lowest BCUT2D eigenvalue weighted by Gasteiger charge is -2.29. The zero-order chi connectivity index (χ0) is 17.8. The quantitative estimate of drug-likeness (QED) is 0.739. The van der Waals surface area contributed by atoms with Gasteiger partial charge in [-0.1, -0.05) is 43.7 Å². The Morgan fingerprint density at radius 3 is 2.73 bits per heavy atom. The molecule has 136 valence electrons. The van der Waals surface area contributed by atoms with Gasteiger partial charge in [-0.15, -0.1) is 0 Å². The van der Waals surface area contributed by atoms with Crippen LogP contribution in [-0.2, 0) is 0 Å². The highest BCUT2D eigenvalue weighted by atomic mass is 15.4. The lowest BCUT2D eigenvalue weighted by Crippen LogP contribution is -2.35. The molecule has 1 fully saturated rings.